The number of piperidine rings is 1. The molecule has 1 N–H and O–H groups in total. The minimum Gasteiger partial charge on any atom is -0.459 e. The van der Waals surface area contributed by atoms with Crippen molar-refractivity contribution in [3.05, 3.63) is 72.2 Å². The lowest BCUT2D eigenvalue weighted by atomic mass is 9.88. The van der Waals surface area contributed by atoms with Crippen molar-refractivity contribution in [2.75, 3.05) is 19.6 Å². The van der Waals surface area contributed by atoms with Crippen molar-refractivity contribution in [2.24, 2.45) is 0 Å². The van der Waals surface area contributed by atoms with E-state index in [2.05, 4.69) is 15.3 Å². The van der Waals surface area contributed by atoms with E-state index in [1.165, 1.54) is 18.4 Å². The van der Waals surface area contributed by atoms with Crippen molar-refractivity contribution in [2.45, 2.75) is 43.9 Å². The van der Waals surface area contributed by atoms with Crippen LogP contribution in [0.15, 0.2) is 59.5 Å². The number of aromatic nitrogens is 2. The Morgan fingerprint density at radius 2 is 2.00 bits per heavy atom. The van der Waals surface area contributed by atoms with E-state index in [-0.39, 0.29) is 23.4 Å². The van der Waals surface area contributed by atoms with Crippen LogP contribution in [0, 0.1) is 5.82 Å². The minimum absolute atomic E-state index is 0.0504. The normalized spacial score (nSPS) is 20.6. The van der Waals surface area contributed by atoms with Crippen LogP contribution in [0.5, 0.6) is 0 Å². The monoisotopic (exact) mass is 438 g/mol. The number of rotatable bonds is 6. The third-order valence-corrected chi connectivity index (χ3v) is 6.47. The number of amides is 1. The van der Waals surface area contributed by atoms with E-state index in [4.69, 9.17) is 9.15 Å². The van der Waals surface area contributed by atoms with Gasteiger partial charge < -0.3 is 14.5 Å². The van der Waals surface area contributed by atoms with Crippen LogP contribution in [0.1, 0.15) is 41.8 Å². The molecule has 2 aliphatic rings. The molecule has 168 valence electrons. The number of furan rings is 1. The van der Waals surface area contributed by atoms with Gasteiger partial charge in [0.2, 0.25) is 0 Å². The molecule has 2 fully saturated rings. The molecule has 0 saturated carbocycles. The van der Waals surface area contributed by atoms with Gasteiger partial charge in [0.1, 0.15) is 5.82 Å². The summed E-state index contributed by atoms with van der Waals surface area (Å²) < 4.78 is 26.5. The lowest BCUT2D eigenvalue weighted by Gasteiger charge is -2.39. The van der Waals surface area contributed by atoms with E-state index in [0.717, 1.165) is 56.6 Å². The summed E-state index contributed by atoms with van der Waals surface area (Å²) in [6, 6.07) is 9.70. The van der Waals surface area contributed by atoms with E-state index in [1.54, 1.807) is 28.9 Å². The van der Waals surface area contributed by atoms with E-state index in [0.29, 0.717) is 12.3 Å². The molecule has 2 aromatic heterocycles. The van der Waals surface area contributed by atoms with Crippen LogP contribution in [0.25, 0.3) is 5.69 Å². The molecule has 0 aliphatic carbocycles. The summed E-state index contributed by atoms with van der Waals surface area (Å²) in [5.41, 5.74) is 1.91. The smallest absolute Gasteiger partial charge is 0.287 e. The average molecular weight is 439 g/mol. The maximum atomic E-state index is 13.1. The summed E-state index contributed by atoms with van der Waals surface area (Å²) in [5.74, 6) is -0.121. The molecule has 0 radical (unpaired) electrons. The molecular weight excluding hydrogens is 411 g/mol. The van der Waals surface area contributed by atoms with Crippen LogP contribution >= 0.6 is 0 Å². The predicted molar refractivity (Wildman–Crippen MR) is 116 cm³/mol. The lowest BCUT2D eigenvalue weighted by molar-refractivity contribution is -0.0764. The van der Waals surface area contributed by atoms with E-state index in [9.17, 15) is 9.18 Å². The molecule has 8 heteroatoms. The largest absolute Gasteiger partial charge is 0.459 e. The fourth-order valence-electron chi connectivity index (χ4n) is 4.66. The number of nitrogens with one attached hydrogen (secondary N) is 1. The van der Waals surface area contributed by atoms with E-state index in [1.807, 2.05) is 12.4 Å². The van der Waals surface area contributed by atoms with Crippen molar-refractivity contribution in [1.82, 2.24) is 20.0 Å². The van der Waals surface area contributed by atoms with Gasteiger partial charge in [0.25, 0.3) is 5.91 Å². The van der Waals surface area contributed by atoms with Crippen LogP contribution in [0.2, 0.25) is 0 Å². The second-order valence-corrected chi connectivity index (χ2v) is 8.69. The van der Waals surface area contributed by atoms with Gasteiger partial charge in [0.05, 0.1) is 29.9 Å². The molecule has 2 saturated heterocycles. The first-order valence-corrected chi connectivity index (χ1v) is 11.1. The zero-order valence-corrected chi connectivity index (χ0v) is 17.9. The predicted octanol–water partition coefficient (Wildman–Crippen LogP) is 3.55. The molecule has 2 aliphatic heterocycles. The summed E-state index contributed by atoms with van der Waals surface area (Å²) in [5, 5.41) is 7.33. The number of halogens is 1. The Hall–Kier alpha value is -2.97. The highest BCUT2D eigenvalue weighted by Gasteiger charge is 2.42. The number of benzene rings is 1. The van der Waals surface area contributed by atoms with Gasteiger partial charge in [-0.2, -0.15) is 5.10 Å². The highest BCUT2D eigenvalue weighted by atomic mass is 19.1. The first-order valence-electron chi connectivity index (χ1n) is 11.1. The van der Waals surface area contributed by atoms with Gasteiger partial charge in [-0.25, -0.2) is 9.07 Å². The fraction of sp³-hybridized carbons (Fsp3) is 0.417. The van der Waals surface area contributed by atoms with Gasteiger partial charge in [-0.05, 0) is 62.1 Å². The van der Waals surface area contributed by atoms with Crippen molar-refractivity contribution < 1.29 is 18.3 Å². The van der Waals surface area contributed by atoms with Gasteiger partial charge in [-0.3, -0.25) is 9.69 Å². The van der Waals surface area contributed by atoms with Gasteiger partial charge in [0, 0.05) is 37.9 Å². The summed E-state index contributed by atoms with van der Waals surface area (Å²) in [6.07, 6.45) is 9.39. The van der Waals surface area contributed by atoms with Crippen LogP contribution < -0.4 is 5.32 Å². The number of hydrogen-bond donors (Lipinski definition) is 1. The van der Waals surface area contributed by atoms with Crippen molar-refractivity contribution in [3.8, 4) is 5.69 Å². The highest BCUT2D eigenvalue weighted by molar-refractivity contribution is 5.91. The molecule has 1 spiro atoms. The second-order valence-electron chi connectivity index (χ2n) is 8.69. The lowest BCUT2D eigenvalue weighted by Crippen LogP contribution is -2.44. The van der Waals surface area contributed by atoms with Gasteiger partial charge in [0.15, 0.2) is 5.76 Å². The standard InChI is InChI=1S/C24H27FN4O3/c25-19-3-5-20(6-4-19)29-17-18(14-27-29)16-28-11-9-24(10-12-28)8-7-21(32-24)15-26-23(30)22-2-1-13-31-22/h1-6,13-14,17,21H,7-12,15-16H2,(H,26,30). The van der Waals surface area contributed by atoms with Crippen molar-refractivity contribution in [1.29, 1.82) is 0 Å². The van der Waals surface area contributed by atoms with Gasteiger partial charge >= 0.3 is 0 Å². The second kappa shape index (κ2) is 8.88. The van der Waals surface area contributed by atoms with Crippen LogP contribution in [0.3, 0.4) is 0 Å². The maximum Gasteiger partial charge on any atom is 0.287 e. The molecule has 1 atom stereocenters. The molecule has 3 aromatic rings. The zero-order valence-electron chi connectivity index (χ0n) is 17.9. The Kier molecular flexibility index (Phi) is 5.80. The molecule has 5 rings (SSSR count). The topological polar surface area (TPSA) is 72.5 Å². The third kappa shape index (κ3) is 4.61. The Bertz CT molecular complexity index is 1040. The van der Waals surface area contributed by atoms with Crippen molar-refractivity contribution >= 4 is 5.91 Å². The summed E-state index contributed by atoms with van der Waals surface area (Å²) in [4.78, 5) is 14.5. The number of ether oxygens (including phenoxy) is 1. The Balaban J connectivity index is 1.09. The Morgan fingerprint density at radius 1 is 1.19 bits per heavy atom. The van der Waals surface area contributed by atoms with E-state index < -0.39 is 0 Å². The number of hydrogen-bond acceptors (Lipinski definition) is 5. The molecular formula is C24H27FN4O3. The quantitative estimate of drug-likeness (QED) is 0.637. The molecule has 4 heterocycles. The average Bonchev–Trinajstić information content (AvgIpc) is 3.56. The first kappa shape index (κ1) is 20.9. The van der Waals surface area contributed by atoms with Crippen LogP contribution in [-0.4, -0.2) is 51.9 Å². The third-order valence-electron chi connectivity index (χ3n) is 6.47. The SMILES string of the molecule is O=C(NCC1CCC2(CCN(Cc3cnn(-c4ccc(F)cc4)c3)CC2)O1)c1ccco1. The van der Waals surface area contributed by atoms with Crippen LogP contribution in [0.4, 0.5) is 4.39 Å². The van der Waals surface area contributed by atoms with Crippen molar-refractivity contribution in [3.63, 3.8) is 0 Å². The van der Waals surface area contributed by atoms with Gasteiger partial charge in [-0.15, -0.1) is 0 Å². The Labute approximate surface area is 186 Å². The summed E-state index contributed by atoms with van der Waals surface area (Å²) >= 11 is 0. The molecule has 32 heavy (non-hydrogen) atoms. The maximum absolute atomic E-state index is 13.1. The molecule has 7 nitrogen and oxygen atoms in total. The molecule has 1 aromatic carbocycles. The number of carbonyl (C=O) groups is 1. The van der Waals surface area contributed by atoms with Crippen LogP contribution in [-0.2, 0) is 11.3 Å². The van der Waals surface area contributed by atoms with Gasteiger partial charge in [-0.1, -0.05) is 0 Å². The first-order chi connectivity index (χ1) is 15.6. The highest BCUT2D eigenvalue weighted by Crippen LogP contribution is 2.39. The Morgan fingerprint density at radius 3 is 2.75 bits per heavy atom. The zero-order chi connectivity index (χ0) is 22.0. The number of likely N-dealkylation sites (tertiary alicyclic amines) is 1. The molecule has 1 amide bonds. The summed E-state index contributed by atoms with van der Waals surface area (Å²) in [6.45, 7) is 3.27. The number of nitrogens with zero attached hydrogens (tertiary/aromatic N) is 3. The summed E-state index contributed by atoms with van der Waals surface area (Å²) in [7, 11) is 0. The molecule has 1 unspecified atom stereocenters. The minimum atomic E-state index is -0.250. The molecule has 0 bridgehead atoms. The number of carbonyl (C=O) groups excluding carboxylic acids is 1. The van der Waals surface area contributed by atoms with E-state index >= 15 is 0 Å². The fourth-order valence-corrected chi connectivity index (χ4v) is 4.66.